The molecule has 0 saturated carbocycles. The summed E-state index contributed by atoms with van der Waals surface area (Å²) in [4.78, 5) is 46.7. The highest BCUT2D eigenvalue weighted by atomic mass is 35.5. The summed E-state index contributed by atoms with van der Waals surface area (Å²) in [6.45, 7) is 0. The summed E-state index contributed by atoms with van der Waals surface area (Å²) < 4.78 is 5.21. The fourth-order valence-corrected chi connectivity index (χ4v) is 3.18. The number of hydrogen-bond acceptors (Lipinski definition) is 7. The van der Waals surface area contributed by atoms with E-state index in [9.17, 15) is 24.5 Å². The molecule has 0 aliphatic carbocycles. The third-order valence-corrected chi connectivity index (χ3v) is 4.53. The zero-order valence-electron chi connectivity index (χ0n) is 17.0. The molecule has 0 heterocycles. The highest BCUT2D eigenvalue weighted by molar-refractivity contribution is 6.40. The Balaban J connectivity index is 1.61. The predicted octanol–water partition coefficient (Wildman–Crippen LogP) is 4.21. The zero-order valence-corrected chi connectivity index (χ0v) is 18.5. The third kappa shape index (κ3) is 6.61. The number of halogens is 2. The molecular formula is C22H14Cl2N4O6. The van der Waals surface area contributed by atoms with Gasteiger partial charge in [-0.2, -0.15) is 5.10 Å². The smallest absolute Gasteiger partial charge is 0.350 e. The first-order chi connectivity index (χ1) is 16.2. The van der Waals surface area contributed by atoms with E-state index >= 15 is 0 Å². The fraction of sp³-hybridized carbons (Fsp3) is 0. The van der Waals surface area contributed by atoms with E-state index in [1.165, 1.54) is 60.8 Å². The van der Waals surface area contributed by atoms with E-state index in [2.05, 4.69) is 15.8 Å². The molecule has 3 aromatic carbocycles. The summed E-state index contributed by atoms with van der Waals surface area (Å²) in [6.07, 6.45) is 1.21. The van der Waals surface area contributed by atoms with Crippen molar-refractivity contribution >= 4 is 58.6 Å². The Labute approximate surface area is 202 Å². The van der Waals surface area contributed by atoms with Gasteiger partial charge >= 0.3 is 17.8 Å². The SMILES string of the molecule is O=C(N/N=C/c1cccc(OC(=O)c2ccccc2[N+](=O)[O-])c1)C(=O)Nc1cc(Cl)cc(Cl)c1. The Bertz CT molecular complexity index is 1290. The summed E-state index contributed by atoms with van der Waals surface area (Å²) in [6, 6.07) is 15.7. The van der Waals surface area contributed by atoms with Crippen LogP contribution in [0.2, 0.25) is 10.0 Å². The van der Waals surface area contributed by atoms with E-state index in [-0.39, 0.29) is 32.7 Å². The number of carbonyl (C=O) groups is 3. The monoisotopic (exact) mass is 500 g/mol. The highest BCUT2D eigenvalue weighted by Gasteiger charge is 2.21. The van der Waals surface area contributed by atoms with Gasteiger partial charge < -0.3 is 10.1 Å². The Kier molecular flexibility index (Phi) is 7.91. The van der Waals surface area contributed by atoms with Crippen LogP contribution in [0.25, 0.3) is 0 Å². The van der Waals surface area contributed by atoms with Crippen LogP contribution in [0.5, 0.6) is 5.75 Å². The van der Waals surface area contributed by atoms with Crippen molar-refractivity contribution in [1.29, 1.82) is 0 Å². The average Bonchev–Trinajstić information content (AvgIpc) is 2.78. The summed E-state index contributed by atoms with van der Waals surface area (Å²) in [5.41, 5.74) is 2.11. The first-order valence-electron chi connectivity index (χ1n) is 9.39. The number of ether oxygens (including phenoxy) is 1. The summed E-state index contributed by atoms with van der Waals surface area (Å²) >= 11 is 11.7. The Morgan fingerprint density at radius 3 is 2.35 bits per heavy atom. The number of amides is 2. The lowest BCUT2D eigenvalue weighted by Crippen LogP contribution is -2.32. The average molecular weight is 501 g/mol. The van der Waals surface area contributed by atoms with E-state index in [1.54, 1.807) is 12.1 Å². The molecule has 0 bridgehead atoms. The van der Waals surface area contributed by atoms with Crippen molar-refractivity contribution in [3.63, 3.8) is 0 Å². The molecular weight excluding hydrogens is 487 g/mol. The molecule has 2 N–H and O–H groups in total. The predicted molar refractivity (Wildman–Crippen MR) is 125 cm³/mol. The van der Waals surface area contributed by atoms with Crippen LogP contribution in [-0.4, -0.2) is 28.9 Å². The van der Waals surface area contributed by atoms with Crippen molar-refractivity contribution in [3.8, 4) is 5.75 Å². The first kappa shape index (κ1) is 24.4. The maximum atomic E-state index is 12.3. The molecule has 172 valence electrons. The van der Waals surface area contributed by atoms with Crippen molar-refractivity contribution in [2.45, 2.75) is 0 Å². The van der Waals surface area contributed by atoms with Crippen LogP contribution in [-0.2, 0) is 9.59 Å². The number of para-hydroxylation sites is 1. The van der Waals surface area contributed by atoms with Gasteiger partial charge in [0.15, 0.2) is 0 Å². The molecule has 0 unspecified atom stereocenters. The number of hydrogen-bond donors (Lipinski definition) is 2. The van der Waals surface area contributed by atoms with Crippen LogP contribution < -0.4 is 15.5 Å². The second-order valence-corrected chi connectivity index (χ2v) is 7.42. The highest BCUT2D eigenvalue weighted by Crippen LogP contribution is 2.23. The lowest BCUT2D eigenvalue weighted by atomic mass is 10.2. The quantitative estimate of drug-likeness (QED) is 0.130. The van der Waals surface area contributed by atoms with E-state index in [0.29, 0.717) is 5.56 Å². The Morgan fingerprint density at radius 1 is 0.941 bits per heavy atom. The van der Waals surface area contributed by atoms with Crippen LogP contribution >= 0.6 is 23.2 Å². The van der Waals surface area contributed by atoms with Gasteiger partial charge in [0, 0.05) is 21.8 Å². The van der Waals surface area contributed by atoms with Crippen LogP contribution in [0.1, 0.15) is 15.9 Å². The van der Waals surface area contributed by atoms with Crippen molar-refractivity contribution in [1.82, 2.24) is 5.43 Å². The van der Waals surface area contributed by atoms with Crippen molar-refractivity contribution < 1.29 is 24.0 Å². The standard InChI is InChI=1S/C22H14Cl2N4O6/c23-14-9-15(24)11-16(10-14)26-20(29)21(30)27-25-12-13-4-3-5-17(8-13)34-22(31)18-6-1-2-7-19(18)28(32)33/h1-12H,(H,26,29)(H,27,30)/b25-12+. The molecule has 2 amide bonds. The number of carbonyl (C=O) groups excluding carboxylic acids is 3. The molecule has 3 aromatic rings. The number of nitrogens with zero attached hydrogens (tertiary/aromatic N) is 2. The zero-order chi connectivity index (χ0) is 24.7. The van der Waals surface area contributed by atoms with Gasteiger partial charge in [0.25, 0.3) is 5.69 Å². The Hall–Kier alpha value is -4.28. The summed E-state index contributed by atoms with van der Waals surface area (Å²) in [5, 5.41) is 17.7. The lowest BCUT2D eigenvalue weighted by Gasteiger charge is -2.06. The normalized spacial score (nSPS) is 10.5. The molecule has 3 rings (SSSR count). The van der Waals surface area contributed by atoms with Crippen molar-refractivity contribution in [3.05, 3.63) is 98.0 Å². The number of nitro benzene ring substituents is 1. The van der Waals surface area contributed by atoms with Gasteiger partial charge in [-0.3, -0.25) is 19.7 Å². The van der Waals surface area contributed by atoms with Crippen molar-refractivity contribution in [2.75, 3.05) is 5.32 Å². The molecule has 0 aliphatic heterocycles. The topological polar surface area (TPSA) is 140 Å². The minimum absolute atomic E-state index is 0.0917. The van der Waals surface area contributed by atoms with E-state index < -0.39 is 22.7 Å². The van der Waals surface area contributed by atoms with Gasteiger partial charge in [-0.05, 0) is 42.0 Å². The Morgan fingerprint density at radius 2 is 1.65 bits per heavy atom. The fourth-order valence-electron chi connectivity index (χ4n) is 2.66. The minimum Gasteiger partial charge on any atom is -0.423 e. The second-order valence-electron chi connectivity index (χ2n) is 6.55. The molecule has 0 radical (unpaired) electrons. The number of nitrogens with one attached hydrogen (secondary N) is 2. The van der Waals surface area contributed by atoms with Crippen LogP contribution in [0.15, 0.2) is 71.8 Å². The number of rotatable bonds is 6. The van der Waals surface area contributed by atoms with Crippen molar-refractivity contribution in [2.24, 2.45) is 5.10 Å². The molecule has 0 atom stereocenters. The largest absolute Gasteiger partial charge is 0.423 e. The number of benzene rings is 3. The first-order valence-corrected chi connectivity index (χ1v) is 10.1. The van der Waals surface area contributed by atoms with E-state index in [4.69, 9.17) is 27.9 Å². The maximum Gasteiger partial charge on any atom is 0.350 e. The second kappa shape index (κ2) is 11.0. The summed E-state index contributed by atoms with van der Waals surface area (Å²) in [5.74, 6) is -2.87. The van der Waals surface area contributed by atoms with Crippen LogP contribution in [0.3, 0.4) is 0 Å². The summed E-state index contributed by atoms with van der Waals surface area (Å²) in [7, 11) is 0. The van der Waals surface area contributed by atoms with E-state index in [1.807, 2.05) is 0 Å². The molecule has 34 heavy (non-hydrogen) atoms. The number of esters is 1. The molecule has 0 fully saturated rings. The molecule has 0 saturated heterocycles. The molecule has 12 heteroatoms. The van der Waals surface area contributed by atoms with Crippen LogP contribution in [0.4, 0.5) is 11.4 Å². The van der Waals surface area contributed by atoms with Crippen LogP contribution in [0, 0.1) is 10.1 Å². The maximum absolute atomic E-state index is 12.3. The molecule has 0 spiro atoms. The van der Waals surface area contributed by atoms with E-state index in [0.717, 1.165) is 0 Å². The van der Waals surface area contributed by atoms with Gasteiger partial charge in [0.1, 0.15) is 11.3 Å². The molecule has 10 nitrogen and oxygen atoms in total. The van der Waals surface area contributed by atoms with Gasteiger partial charge in [-0.1, -0.05) is 47.5 Å². The van der Waals surface area contributed by atoms with Gasteiger partial charge in [-0.15, -0.1) is 0 Å². The third-order valence-electron chi connectivity index (χ3n) is 4.10. The van der Waals surface area contributed by atoms with Gasteiger partial charge in [-0.25, -0.2) is 10.2 Å². The van der Waals surface area contributed by atoms with Gasteiger partial charge in [0.2, 0.25) is 0 Å². The number of nitro groups is 1. The minimum atomic E-state index is -1.05. The number of anilines is 1. The molecule has 0 aromatic heterocycles. The lowest BCUT2D eigenvalue weighted by molar-refractivity contribution is -0.385. The molecule has 0 aliphatic rings. The number of hydrazone groups is 1. The van der Waals surface area contributed by atoms with Gasteiger partial charge in [0.05, 0.1) is 11.1 Å².